The Morgan fingerprint density at radius 1 is 1.06 bits per heavy atom. The summed E-state index contributed by atoms with van der Waals surface area (Å²) in [6.45, 7) is 0. The van der Waals surface area contributed by atoms with Crippen molar-refractivity contribution >= 4 is 19.7 Å². The number of benzene rings is 2. The minimum absolute atomic E-state index is 0.0591. The summed E-state index contributed by atoms with van der Waals surface area (Å²) < 4.78 is 27.9. The van der Waals surface area contributed by atoms with Gasteiger partial charge in [0.2, 0.25) is 0 Å². The third kappa shape index (κ3) is 2.66. The van der Waals surface area contributed by atoms with E-state index in [1.54, 1.807) is 6.07 Å². The molecular formula is C13H11ClO3S. The van der Waals surface area contributed by atoms with E-state index in [-0.39, 0.29) is 4.90 Å². The van der Waals surface area contributed by atoms with E-state index in [4.69, 9.17) is 15.4 Å². The molecule has 0 bridgehead atoms. The van der Waals surface area contributed by atoms with Crippen LogP contribution in [0.15, 0.2) is 53.4 Å². The predicted molar refractivity (Wildman–Crippen MR) is 71.5 cm³/mol. The molecule has 0 heterocycles. The molecule has 2 rings (SSSR count). The van der Waals surface area contributed by atoms with E-state index < -0.39 is 9.05 Å². The summed E-state index contributed by atoms with van der Waals surface area (Å²) in [5, 5.41) is 0. The van der Waals surface area contributed by atoms with Crippen molar-refractivity contribution in [3.8, 4) is 16.9 Å². The van der Waals surface area contributed by atoms with E-state index in [0.29, 0.717) is 11.3 Å². The molecule has 94 valence electrons. The Bertz CT molecular complexity index is 651. The molecule has 0 aromatic heterocycles. The molecule has 0 amide bonds. The van der Waals surface area contributed by atoms with Crippen LogP contribution in [0.3, 0.4) is 0 Å². The summed E-state index contributed by atoms with van der Waals surface area (Å²) >= 11 is 0. The molecule has 0 aliphatic carbocycles. The molecule has 0 radical (unpaired) electrons. The third-order valence-electron chi connectivity index (χ3n) is 2.54. The molecule has 3 nitrogen and oxygen atoms in total. The van der Waals surface area contributed by atoms with Crippen LogP contribution >= 0.6 is 10.7 Å². The van der Waals surface area contributed by atoms with E-state index in [1.165, 1.54) is 19.2 Å². The van der Waals surface area contributed by atoms with Crippen molar-refractivity contribution < 1.29 is 13.2 Å². The minimum atomic E-state index is -3.74. The number of hydrogen-bond donors (Lipinski definition) is 0. The number of methoxy groups -OCH3 is 1. The van der Waals surface area contributed by atoms with Crippen LogP contribution in [0.5, 0.6) is 5.75 Å². The smallest absolute Gasteiger partial charge is 0.261 e. The van der Waals surface area contributed by atoms with Gasteiger partial charge in [-0.2, -0.15) is 0 Å². The van der Waals surface area contributed by atoms with Crippen LogP contribution in [0.1, 0.15) is 0 Å². The molecule has 18 heavy (non-hydrogen) atoms. The minimum Gasteiger partial charge on any atom is -0.496 e. The van der Waals surface area contributed by atoms with Crippen LogP contribution in [-0.2, 0) is 9.05 Å². The maximum absolute atomic E-state index is 11.3. The number of hydrogen-bond acceptors (Lipinski definition) is 3. The van der Waals surface area contributed by atoms with Crippen molar-refractivity contribution in [1.29, 1.82) is 0 Å². The van der Waals surface area contributed by atoms with Gasteiger partial charge in [0.15, 0.2) is 0 Å². The topological polar surface area (TPSA) is 43.4 Å². The van der Waals surface area contributed by atoms with Gasteiger partial charge in [0.1, 0.15) is 5.75 Å². The van der Waals surface area contributed by atoms with E-state index in [1.807, 2.05) is 30.3 Å². The van der Waals surface area contributed by atoms with E-state index in [9.17, 15) is 8.42 Å². The molecule has 0 saturated carbocycles. The van der Waals surface area contributed by atoms with Gasteiger partial charge in [0.05, 0.1) is 12.0 Å². The largest absolute Gasteiger partial charge is 0.496 e. The van der Waals surface area contributed by atoms with E-state index >= 15 is 0 Å². The number of halogens is 1. The van der Waals surface area contributed by atoms with Gasteiger partial charge in [0, 0.05) is 16.2 Å². The second-order valence-electron chi connectivity index (χ2n) is 3.67. The first-order valence-corrected chi connectivity index (χ1v) is 7.51. The fourth-order valence-electron chi connectivity index (χ4n) is 1.68. The highest BCUT2D eigenvalue weighted by atomic mass is 35.7. The zero-order valence-corrected chi connectivity index (χ0v) is 11.2. The van der Waals surface area contributed by atoms with Gasteiger partial charge in [-0.05, 0) is 23.8 Å². The van der Waals surface area contributed by atoms with Gasteiger partial charge >= 0.3 is 0 Å². The SMILES string of the molecule is COc1ccc(S(=O)(=O)Cl)cc1-c1ccccc1. The zero-order chi connectivity index (χ0) is 13.2. The van der Waals surface area contributed by atoms with Crippen LogP contribution in [-0.4, -0.2) is 15.5 Å². The highest BCUT2D eigenvalue weighted by Gasteiger charge is 2.14. The monoisotopic (exact) mass is 282 g/mol. The molecule has 0 aliphatic rings. The molecule has 0 fully saturated rings. The first kappa shape index (κ1) is 12.9. The van der Waals surface area contributed by atoms with Crippen molar-refractivity contribution in [3.05, 3.63) is 48.5 Å². The summed E-state index contributed by atoms with van der Waals surface area (Å²) in [4.78, 5) is 0.0591. The second-order valence-corrected chi connectivity index (χ2v) is 6.23. The first-order valence-electron chi connectivity index (χ1n) is 5.20. The Labute approximate surface area is 110 Å². The quantitative estimate of drug-likeness (QED) is 0.812. The Hall–Kier alpha value is -1.52. The van der Waals surface area contributed by atoms with Gasteiger partial charge in [-0.15, -0.1) is 0 Å². The molecule has 0 unspecified atom stereocenters. The summed E-state index contributed by atoms with van der Waals surface area (Å²) in [5.74, 6) is 0.602. The van der Waals surface area contributed by atoms with Crippen LogP contribution in [0.4, 0.5) is 0 Å². The fraction of sp³-hybridized carbons (Fsp3) is 0.0769. The van der Waals surface area contributed by atoms with Crippen molar-refractivity contribution in [1.82, 2.24) is 0 Å². The summed E-state index contributed by atoms with van der Waals surface area (Å²) in [5.41, 5.74) is 1.57. The predicted octanol–water partition coefficient (Wildman–Crippen LogP) is 3.29. The van der Waals surface area contributed by atoms with E-state index in [0.717, 1.165) is 5.56 Å². The molecule has 0 saturated heterocycles. The van der Waals surface area contributed by atoms with E-state index in [2.05, 4.69) is 0 Å². The van der Waals surface area contributed by atoms with Crippen molar-refractivity contribution in [3.63, 3.8) is 0 Å². The maximum Gasteiger partial charge on any atom is 0.261 e. The molecule has 0 spiro atoms. The van der Waals surface area contributed by atoms with Crippen LogP contribution in [0.2, 0.25) is 0 Å². The van der Waals surface area contributed by atoms with Gasteiger partial charge < -0.3 is 4.74 Å². The average Bonchev–Trinajstić information content (AvgIpc) is 2.38. The summed E-state index contributed by atoms with van der Waals surface area (Å²) in [6.07, 6.45) is 0. The van der Waals surface area contributed by atoms with Gasteiger partial charge in [-0.3, -0.25) is 0 Å². The molecule has 5 heteroatoms. The lowest BCUT2D eigenvalue weighted by molar-refractivity contribution is 0.416. The second kappa shape index (κ2) is 5.00. The standard InChI is InChI=1S/C13H11ClO3S/c1-17-13-8-7-11(18(14,15)16)9-12(13)10-5-3-2-4-6-10/h2-9H,1H3. The van der Waals surface area contributed by atoms with Gasteiger partial charge in [-0.25, -0.2) is 8.42 Å². The van der Waals surface area contributed by atoms with Crippen molar-refractivity contribution in [2.75, 3.05) is 7.11 Å². The normalized spacial score (nSPS) is 11.2. The van der Waals surface area contributed by atoms with Crippen LogP contribution < -0.4 is 4.74 Å². The molecule has 2 aromatic rings. The van der Waals surface area contributed by atoms with Gasteiger partial charge in [-0.1, -0.05) is 30.3 Å². The average molecular weight is 283 g/mol. The number of ether oxygens (including phenoxy) is 1. The van der Waals surface area contributed by atoms with Crippen molar-refractivity contribution in [2.24, 2.45) is 0 Å². The molecule has 0 atom stereocenters. The molecular weight excluding hydrogens is 272 g/mol. The highest BCUT2D eigenvalue weighted by Crippen LogP contribution is 2.32. The molecule has 2 aromatic carbocycles. The summed E-state index contributed by atoms with van der Waals surface area (Å²) in [6, 6.07) is 13.9. The summed E-state index contributed by atoms with van der Waals surface area (Å²) in [7, 11) is 3.14. The Balaban J connectivity index is 2.64. The Morgan fingerprint density at radius 3 is 2.28 bits per heavy atom. The van der Waals surface area contributed by atoms with Crippen LogP contribution in [0.25, 0.3) is 11.1 Å². The zero-order valence-electron chi connectivity index (χ0n) is 9.63. The Kier molecular flexibility index (Phi) is 3.59. The van der Waals surface area contributed by atoms with Crippen LogP contribution in [0, 0.1) is 0 Å². The first-order chi connectivity index (χ1) is 8.52. The highest BCUT2D eigenvalue weighted by molar-refractivity contribution is 8.13. The maximum atomic E-state index is 11.3. The van der Waals surface area contributed by atoms with Gasteiger partial charge in [0.25, 0.3) is 9.05 Å². The Morgan fingerprint density at radius 2 is 1.72 bits per heavy atom. The number of rotatable bonds is 3. The molecule has 0 aliphatic heterocycles. The lowest BCUT2D eigenvalue weighted by atomic mass is 10.1. The fourth-order valence-corrected chi connectivity index (χ4v) is 2.46. The lowest BCUT2D eigenvalue weighted by Crippen LogP contribution is -1.94. The third-order valence-corrected chi connectivity index (χ3v) is 3.89. The molecule has 0 N–H and O–H groups in total. The van der Waals surface area contributed by atoms with Crippen molar-refractivity contribution in [2.45, 2.75) is 4.90 Å². The lowest BCUT2D eigenvalue weighted by Gasteiger charge is -2.09.